The van der Waals surface area contributed by atoms with E-state index in [9.17, 15) is 13.2 Å². The highest BCUT2D eigenvalue weighted by Gasteiger charge is 2.32. The molecule has 1 atom stereocenters. The van der Waals surface area contributed by atoms with E-state index in [4.69, 9.17) is 28.9 Å². The van der Waals surface area contributed by atoms with Crippen LogP contribution in [-0.2, 0) is 47.2 Å². The van der Waals surface area contributed by atoms with Crippen molar-refractivity contribution in [2.45, 2.75) is 49.7 Å². The lowest BCUT2D eigenvalue weighted by Gasteiger charge is -2.32. The third-order valence-corrected chi connectivity index (χ3v) is 10.1. The molecule has 4 aromatic rings. The van der Waals surface area contributed by atoms with Crippen LogP contribution in [0, 0.1) is 0 Å². The molecule has 4 aromatic carbocycles. The third-order valence-electron chi connectivity index (χ3n) is 7.91. The Kier molecular flexibility index (Phi) is 10.6. The summed E-state index contributed by atoms with van der Waals surface area (Å²) in [6.07, 6.45) is 2.71. The first kappa shape index (κ1) is 32.0. The first-order valence-electron chi connectivity index (χ1n) is 14.6. The average Bonchev–Trinajstić information content (AvgIpc) is 3.02. The van der Waals surface area contributed by atoms with E-state index < -0.39 is 16.1 Å². The standard InChI is InChI=1S/C25H25Cl2N3O3S.C9H11N/c26-20-14-21(27)24(22(28)15-20)34(32,33)29-23(11-10-17-6-2-1-3-7-17)25(31)30-13-12-18-8-4-5-9-19(18)16-30;1-2-4-9-7-10-6-5-8(9)3-1/h1-9,14-15,23,29H,10-13,16,28H2;1-4,10H,5-7H2/t23-;/m1./s1. The van der Waals surface area contributed by atoms with Gasteiger partial charge in [-0.25, -0.2) is 8.42 Å². The lowest BCUT2D eigenvalue weighted by atomic mass is 9.98. The zero-order chi connectivity index (χ0) is 31.1. The zero-order valence-corrected chi connectivity index (χ0v) is 26.6. The van der Waals surface area contributed by atoms with Gasteiger partial charge in [-0.05, 0) is 72.2 Å². The fourth-order valence-corrected chi connectivity index (χ4v) is 7.83. The maximum absolute atomic E-state index is 13.6. The van der Waals surface area contributed by atoms with Gasteiger partial charge in [0.2, 0.25) is 15.9 Å². The van der Waals surface area contributed by atoms with Gasteiger partial charge in [0.15, 0.2) is 0 Å². The van der Waals surface area contributed by atoms with Crippen molar-refractivity contribution in [2.75, 3.05) is 18.8 Å². The molecule has 44 heavy (non-hydrogen) atoms. The number of nitrogens with two attached hydrogens (primary N) is 1. The van der Waals surface area contributed by atoms with Gasteiger partial charge in [0.05, 0.1) is 10.7 Å². The quantitative estimate of drug-likeness (QED) is 0.220. The number of benzene rings is 4. The number of sulfonamides is 1. The Morgan fingerprint density at radius 3 is 2.20 bits per heavy atom. The van der Waals surface area contributed by atoms with Crippen molar-refractivity contribution < 1.29 is 13.2 Å². The van der Waals surface area contributed by atoms with E-state index in [1.165, 1.54) is 35.2 Å². The summed E-state index contributed by atoms with van der Waals surface area (Å²) in [4.78, 5) is 15.0. The van der Waals surface area contributed by atoms with Crippen molar-refractivity contribution in [3.8, 4) is 0 Å². The van der Waals surface area contributed by atoms with Crippen LogP contribution in [0.3, 0.4) is 0 Å². The molecule has 0 fully saturated rings. The second kappa shape index (κ2) is 14.6. The Morgan fingerprint density at radius 2 is 1.52 bits per heavy atom. The molecule has 1 amide bonds. The number of amides is 1. The number of hydrogen-bond donors (Lipinski definition) is 3. The molecule has 0 bridgehead atoms. The summed E-state index contributed by atoms with van der Waals surface area (Å²) in [6.45, 7) is 3.14. The second-order valence-corrected chi connectivity index (χ2v) is 13.5. The van der Waals surface area contributed by atoms with Crippen LogP contribution in [0.5, 0.6) is 0 Å². The number of anilines is 1. The van der Waals surface area contributed by atoms with E-state index in [0.29, 0.717) is 19.5 Å². The molecule has 0 unspecified atom stereocenters. The normalized spacial score (nSPS) is 14.9. The van der Waals surface area contributed by atoms with E-state index in [-0.39, 0.29) is 33.0 Å². The first-order valence-corrected chi connectivity index (χ1v) is 16.9. The number of aryl methyl sites for hydroxylation is 1. The molecule has 7 nitrogen and oxygen atoms in total. The molecule has 230 valence electrons. The topological polar surface area (TPSA) is 105 Å². The summed E-state index contributed by atoms with van der Waals surface area (Å²) in [5.74, 6) is -0.280. The fourth-order valence-electron chi connectivity index (χ4n) is 5.62. The van der Waals surface area contributed by atoms with Crippen LogP contribution >= 0.6 is 23.2 Å². The molecule has 0 radical (unpaired) electrons. The molecule has 6 rings (SSSR count). The number of carbonyl (C=O) groups is 1. The summed E-state index contributed by atoms with van der Waals surface area (Å²) in [5, 5.41) is 3.47. The maximum Gasteiger partial charge on any atom is 0.244 e. The van der Waals surface area contributed by atoms with Crippen LogP contribution in [0.2, 0.25) is 10.0 Å². The van der Waals surface area contributed by atoms with E-state index in [1.54, 1.807) is 4.90 Å². The molecular formula is C34H36Cl2N4O3S. The Labute approximate surface area is 269 Å². The highest BCUT2D eigenvalue weighted by Crippen LogP contribution is 2.31. The summed E-state index contributed by atoms with van der Waals surface area (Å²) in [5.41, 5.74) is 12.1. The van der Waals surface area contributed by atoms with Gasteiger partial charge < -0.3 is 16.0 Å². The summed E-state index contributed by atoms with van der Waals surface area (Å²) in [7, 11) is -4.20. The first-order chi connectivity index (χ1) is 21.2. The van der Waals surface area contributed by atoms with E-state index in [2.05, 4.69) is 40.4 Å². The van der Waals surface area contributed by atoms with Gasteiger partial charge in [-0.2, -0.15) is 4.72 Å². The maximum atomic E-state index is 13.6. The van der Waals surface area contributed by atoms with Gasteiger partial charge in [-0.15, -0.1) is 0 Å². The Morgan fingerprint density at radius 1 is 0.886 bits per heavy atom. The van der Waals surface area contributed by atoms with Gasteiger partial charge in [-0.3, -0.25) is 4.79 Å². The molecule has 4 N–H and O–H groups in total. The number of fused-ring (bicyclic) bond motifs is 2. The summed E-state index contributed by atoms with van der Waals surface area (Å²) in [6, 6.07) is 27.9. The highest BCUT2D eigenvalue weighted by molar-refractivity contribution is 7.89. The molecule has 0 saturated heterocycles. The summed E-state index contributed by atoms with van der Waals surface area (Å²) < 4.78 is 29.2. The molecule has 0 aliphatic carbocycles. The van der Waals surface area contributed by atoms with Crippen LogP contribution in [0.25, 0.3) is 0 Å². The second-order valence-electron chi connectivity index (χ2n) is 11.0. The predicted molar refractivity (Wildman–Crippen MR) is 177 cm³/mol. The van der Waals surface area contributed by atoms with Gasteiger partial charge in [0, 0.05) is 24.7 Å². The Bertz CT molecular complexity index is 1670. The Balaban J connectivity index is 0.000000322. The van der Waals surface area contributed by atoms with Crippen molar-refractivity contribution >= 4 is 44.8 Å². The number of halogens is 2. The van der Waals surface area contributed by atoms with Crippen molar-refractivity contribution in [2.24, 2.45) is 0 Å². The number of carbonyl (C=O) groups excluding carboxylic acids is 1. The number of nitrogens with one attached hydrogen (secondary N) is 2. The lowest BCUT2D eigenvalue weighted by molar-refractivity contribution is -0.134. The molecule has 10 heteroatoms. The van der Waals surface area contributed by atoms with E-state index in [1.807, 2.05) is 48.5 Å². The van der Waals surface area contributed by atoms with Crippen molar-refractivity contribution in [3.05, 3.63) is 129 Å². The van der Waals surface area contributed by atoms with Crippen LogP contribution in [0.1, 0.15) is 34.2 Å². The SMILES string of the molecule is Nc1cc(Cl)cc(Cl)c1S(=O)(=O)N[C@H](CCc1ccccc1)C(=O)N1CCc2ccccc2C1.c1ccc2c(c1)CCNC2. The molecule has 0 aromatic heterocycles. The minimum atomic E-state index is -4.20. The minimum absolute atomic E-state index is 0.0776. The molecule has 2 aliphatic heterocycles. The van der Waals surface area contributed by atoms with E-state index in [0.717, 1.165) is 30.6 Å². The lowest BCUT2D eigenvalue weighted by Crippen LogP contribution is -2.50. The average molecular weight is 652 g/mol. The molecule has 2 aliphatic rings. The number of nitrogens with zero attached hydrogens (tertiary/aromatic N) is 1. The largest absolute Gasteiger partial charge is 0.398 e. The molecule has 2 heterocycles. The summed E-state index contributed by atoms with van der Waals surface area (Å²) >= 11 is 12.1. The monoisotopic (exact) mass is 650 g/mol. The van der Waals surface area contributed by atoms with Crippen LogP contribution in [-0.4, -0.2) is 38.4 Å². The van der Waals surface area contributed by atoms with Gasteiger partial charge >= 0.3 is 0 Å². The van der Waals surface area contributed by atoms with Crippen LogP contribution in [0.4, 0.5) is 5.69 Å². The van der Waals surface area contributed by atoms with Gasteiger partial charge in [0.1, 0.15) is 10.9 Å². The smallest absolute Gasteiger partial charge is 0.244 e. The van der Waals surface area contributed by atoms with Crippen LogP contribution in [0.15, 0.2) is 95.9 Å². The highest BCUT2D eigenvalue weighted by atomic mass is 35.5. The fraction of sp³-hybridized carbons (Fsp3) is 0.265. The van der Waals surface area contributed by atoms with Crippen molar-refractivity contribution in [1.29, 1.82) is 0 Å². The van der Waals surface area contributed by atoms with Crippen molar-refractivity contribution in [3.63, 3.8) is 0 Å². The molecular weight excluding hydrogens is 615 g/mol. The zero-order valence-electron chi connectivity index (χ0n) is 24.3. The number of rotatable bonds is 7. The molecule has 0 saturated carbocycles. The van der Waals surface area contributed by atoms with Gasteiger partial charge in [0.25, 0.3) is 0 Å². The number of hydrogen-bond acceptors (Lipinski definition) is 5. The van der Waals surface area contributed by atoms with E-state index >= 15 is 0 Å². The number of nitrogen functional groups attached to an aromatic ring is 1. The van der Waals surface area contributed by atoms with Gasteiger partial charge in [-0.1, -0.05) is 102 Å². The van der Waals surface area contributed by atoms with Crippen molar-refractivity contribution in [1.82, 2.24) is 14.9 Å². The van der Waals surface area contributed by atoms with Crippen LogP contribution < -0.4 is 15.8 Å². The Hall–Kier alpha value is -3.40. The predicted octanol–water partition coefficient (Wildman–Crippen LogP) is 5.77. The molecule has 0 spiro atoms. The third kappa shape index (κ3) is 8.00. The minimum Gasteiger partial charge on any atom is -0.398 e.